The summed E-state index contributed by atoms with van der Waals surface area (Å²) in [5.74, 6) is 1.55. The second-order valence-corrected chi connectivity index (χ2v) is 7.71. The molecule has 0 aliphatic rings. The summed E-state index contributed by atoms with van der Waals surface area (Å²) in [5.41, 5.74) is 1.69. The van der Waals surface area contributed by atoms with Gasteiger partial charge in [-0.05, 0) is 24.3 Å². The molecule has 3 N–H and O–H groups in total. The predicted octanol–water partition coefficient (Wildman–Crippen LogP) is 4.68. The van der Waals surface area contributed by atoms with E-state index in [2.05, 4.69) is 15.6 Å². The fourth-order valence-corrected chi connectivity index (χ4v) is 4.12. The van der Waals surface area contributed by atoms with Crippen LogP contribution in [0.1, 0.15) is 5.56 Å². The lowest BCUT2D eigenvalue weighted by molar-refractivity contribution is 0.384. The van der Waals surface area contributed by atoms with Gasteiger partial charge in [0.1, 0.15) is 11.5 Å². The summed E-state index contributed by atoms with van der Waals surface area (Å²) in [7, 11) is 3.21. The first-order valence-electron chi connectivity index (χ1n) is 7.61. The lowest BCUT2D eigenvalue weighted by Crippen LogP contribution is -2.29. The van der Waals surface area contributed by atoms with Crippen molar-refractivity contribution in [2.75, 3.05) is 19.5 Å². The van der Waals surface area contributed by atoms with Gasteiger partial charge in [-0.3, -0.25) is 5.41 Å². The molecule has 26 heavy (non-hydrogen) atoms. The number of ether oxygens (including phenoxy) is 2. The summed E-state index contributed by atoms with van der Waals surface area (Å²) in [6.07, 6.45) is 0. The number of thiazole rings is 1. The number of methoxy groups -OCH3 is 2. The minimum Gasteiger partial charge on any atom is -0.496 e. The molecule has 3 rings (SSSR count). The Labute approximate surface area is 164 Å². The summed E-state index contributed by atoms with van der Waals surface area (Å²) in [4.78, 5) is 5.48. The lowest BCUT2D eigenvalue weighted by atomic mass is 10.1. The molecule has 0 fully saturated rings. The smallest absolute Gasteiger partial charge is 0.195 e. The van der Waals surface area contributed by atoms with Gasteiger partial charge in [-0.25, -0.2) is 4.98 Å². The maximum atomic E-state index is 8.09. The van der Waals surface area contributed by atoms with E-state index in [0.29, 0.717) is 23.2 Å². The molecule has 0 radical (unpaired) electrons. The Bertz CT molecular complexity index is 888. The molecule has 136 valence electrons. The van der Waals surface area contributed by atoms with Crippen molar-refractivity contribution in [2.45, 2.75) is 6.54 Å². The average Bonchev–Trinajstić information content (AvgIpc) is 3.28. The van der Waals surface area contributed by atoms with Crippen molar-refractivity contribution in [3.05, 3.63) is 45.6 Å². The molecule has 0 saturated carbocycles. The highest BCUT2D eigenvalue weighted by molar-refractivity contribution is 7.20. The van der Waals surface area contributed by atoms with Crippen molar-refractivity contribution in [2.24, 2.45) is 0 Å². The van der Waals surface area contributed by atoms with Crippen LogP contribution in [0.25, 0.3) is 10.6 Å². The van der Waals surface area contributed by atoms with E-state index in [4.69, 9.17) is 26.5 Å². The third kappa shape index (κ3) is 4.27. The van der Waals surface area contributed by atoms with Crippen molar-refractivity contribution in [1.82, 2.24) is 10.3 Å². The Morgan fingerprint density at radius 1 is 1.19 bits per heavy atom. The normalized spacial score (nSPS) is 10.4. The van der Waals surface area contributed by atoms with Gasteiger partial charge in [0.15, 0.2) is 11.1 Å². The standard InChI is InChI=1S/C17H17ClN4O2S2/c1-23-12-4-3-5-13(24-2)10(12)8-20-16(19)22-17-21-11(9-25-17)14-6-7-15(18)26-14/h3-7,9H,8H2,1-2H3,(H3,19,20,21,22). The number of anilines is 1. The van der Waals surface area contributed by atoms with Crippen molar-refractivity contribution in [1.29, 1.82) is 5.41 Å². The van der Waals surface area contributed by atoms with Gasteiger partial charge >= 0.3 is 0 Å². The molecule has 2 aromatic heterocycles. The highest BCUT2D eigenvalue weighted by Crippen LogP contribution is 2.33. The van der Waals surface area contributed by atoms with Crippen LogP contribution >= 0.6 is 34.3 Å². The number of thiophene rings is 1. The molecule has 0 unspecified atom stereocenters. The third-order valence-electron chi connectivity index (χ3n) is 3.53. The van der Waals surface area contributed by atoms with Gasteiger partial charge in [0.05, 0.1) is 41.2 Å². The van der Waals surface area contributed by atoms with Gasteiger partial charge in [-0.15, -0.1) is 22.7 Å². The molecule has 0 saturated heterocycles. The molecule has 0 bridgehead atoms. The number of benzene rings is 1. The highest BCUT2D eigenvalue weighted by atomic mass is 35.5. The second-order valence-electron chi connectivity index (χ2n) is 5.14. The molecule has 3 aromatic rings. The average molecular weight is 409 g/mol. The number of nitrogens with zero attached hydrogens (tertiary/aromatic N) is 1. The van der Waals surface area contributed by atoms with Crippen LogP contribution < -0.4 is 20.1 Å². The molecule has 1 aromatic carbocycles. The SMILES string of the molecule is COc1cccc(OC)c1CNC(=N)Nc1nc(-c2ccc(Cl)s2)cs1. The van der Waals surface area contributed by atoms with E-state index < -0.39 is 0 Å². The molecular weight excluding hydrogens is 392 g/mol. The summed E-state index contributed by atoms with van der Waals surface area (Å²) in [6, 6.07) is 9.35. The van der Waals surface area contributed by atoms with Crippen molar-refractivity contribution >= 4 is 45.4 Å². The number of aromatic nitrogens is 1. The van der Waals surface area contributed by atoms with E-state index in [1.165, 1.54) is 22.7 Å². The fourth-order valence-electron chi connectivity index (χ4n) is 2.33. The topological polar surface area (TPSA) is 79.3 Å². The first-order valence-corrected chi connectivity index (χ1v) is 9.68. The molecule has 9 heteroatoms. The third-order valence-corrected chi connectivity index (χ3v) is 5.54. The van der Waals surface area contributed by atoms with Crippen molar-refractivity contribution < 1.29 is 9.47 Å². The first kappa shape index (κ1) is 18.5. The quantitative estimate of drug-likeness (QED) is 0.407. The number of guanidine groups is 1. The zero-order chi connectivity index (χ0) is 18.5. The molecule has 6 nitrogen and oxygen atoms in total. The fraction of sp³-hybridized carbons (Fsp3) is 0.176. The van der Waals surface area contributed by atoms with E-state index in [9.17, 15) is 0 Å². The Kier molecular flexibility index (Phi) is 5.97. The van der Waals surface area contributed by atoms with Gasteiger partial charge in [0.2, 0.25) is 0 Å². The minimum atomic E-state index is 0.142. The molecule has 0 aliphatic carbocycles. The van der Waals surface area contributed by atoms with Crippen LogP contribution in [-0.2, 0) is 6.54 Å². The number of hydrogen-bond acceptors (Lipinski definition) is 6. The van der Waals surface area contributed by atoms with Crippen LogP contribution in [0.15, 0.2) is 35.7 Å². The van der Waals surface area contributed by atoms with Crippen LogP contribution in [0.3, 0.4) is 0 Å². The number of rotatable bonds is 6. The van der Waals surface area contributed by atoms with E-state index in [1.807, 2.05) is 35.7 Å². The van der Waals surface area contributed by atoms with Crippen LogP contribution in [0.5, 0.6) is 11.5 Å². The largest absolute Gasteiger partial charge is 0.496 e. The zero-order valence-electron chi connectivity index (χ0n) is 14.1. The Morgan fingerprint density at radius 2 is 1.92 bits per heavy atom. The maximum Gasteiger partial charge on any atom is 0.195 e. The molecule has 0 atom stereocenters. The highest BCUT2D eigenvalue weighted by Gasteiger charge is 2.11. The Morgan fingerprint density at radius 3 is 2.54 bits per heavy atom. The lowest BCUT2D eigenvalue weighted by Gasteiger charge is -2.14. The molecule has 2 heterocycles. The number of halogens is 1. The van der Waals surface area contributed by atoms with Crippen molar-refractivity contribution in [3.63, 3.8) is 0 Å². The first-order chi connectivity index (χ1) is 12.6. The van der Waals surface area contributed by atoms with Crippen LogP contribution in [0, 0.1) is 5.41 Å². The summed E-state index contributed by atoms with van der Waals surface area (Å²) < 4.78 is 11.4. The van der Waals surface area contributed by atoms with E-state index in [1.54, 1.807) is 14.2 Å². The molecular formula is C17H17ClN4O2S2. The van der Waals surface area contributed by atoms with Gasteiger partial charge < -0.3 is 20.1 Å². The van der Waals surface area contributed by atoms with Gasteiger partial charge in [0.25, 0.3) is 0 Å². The Hall–Kier alpha value is -2.29. The van der Waals surface area contributed by atoms with Gasteiger partial charge in [-0.1, -0.05) is 17.7 Å². The van der Waals surface area contributed by atoms with Crippen LogP contribution in [-0.4, -0.2) is 25.2 Å². The van der Waals surface area contributed by atoms with Crippen LogP contribution in [0.2, 0.25) is 4.34 Å². The maximum absolute atomic E-state index is 8.09. The van der Waals surface area contributed by atoms with E-state index in [-0.39, 0.29) is 5.96 Å². The Balaban J connectivity index is 1.63. The monoisotopic (exact) mass is 408 g/mol. The number of nitrogens with one attached hydrogen (secondary N) is 3. The summed E-state index contributed by atoms with van der Waals surface area (Å²) in [6.45, 7) is 0.387. The molecule has 0 amide bonds. The van der Waals surface area contributed by atoms with Gasteiger partial charge in [-0.2, -0.15) is 0 Å². The molecule has 0 spiro atoms. The summed E-state index contributed by atoms with van der Waals surface area (Å²) >= 11 is 8.87. The minimum absolute atomic E-state index is 0.142. The zero-order valence-corrected chi connectivity index (χ0v) is 16.5. The number of hydrogen-bond donors (Lipinski definition) is 3. The molecule has 0 aliphatic heterocycles. The van der Waals surface area contributed by atoms with Crippen molar-refractivity contribution in [3.8, 4) is 22.1 Å². The van der Waals surface area contributed by atoms with E-state index in [0.717, 1.165) is 20.5 Å². The second kappa shape index (κ2) is 8.39. The summed E-state index contributed by atoms with van der Waals surface area (Å²) in [5, 5.41) is 16.6. The van der Waals surface area contributed by atoms with E-state index >= 15 is 0 Å². The predicted molar refractivity (Wildman–Crippen MR) is 108 cm³/mol. The van der Waals surface area contributed by atoms with Gasteiger partial charge in [0, 0.05) is 5.38 Å². The van der Waals surface area contributed by atoms with Crippen LogP contribution in [0.4, 0.5) is 5.13 Å².